The number of benzene rings is 2. The molecule has 0 aliphatic carbocycles. The number of fused-ring (bicyclic) bond motifs is 1. The van der Waals surface area contributed by atoms with Crippen LogP contribution in [-0.4, -0.2) is 29.4 Å². The van der Waals surface area contributed by atoms with Gasteiger partial charge in [0.2, 0.25) is 0 Å². The van der Waals surface area contributed by atoms with Crippen molar-refractivity contribution in [3.63, 3.8) is 0 Å². The number of ether oxygens (including phenoxy) is 2. The van der Waals surface area contributed by atoms with Crippen LogP contribution in [0.1, 0.15) is 22.8 Å². The molecule has 0 saturated carbocycles. The van der Waals surface area contributed by atoms with E-state index in [9.17, 15) is 15.2 Å². The van der Waals surface area contributed by atoms with Crippen LogP contribution in [0.3, 0.4) is 0 Å². The normalized spacial score (nSPS) is 10.4. The summed E-state index contributed by atoms with van der Waals surface area (Å²) in [7, 11) is 1.46. The molecule has 0 saturated heterocycles. The highest BCUT2D eigenvalue weighted by molar-refractivity contribution is 5.92. The molecule has 0 atom stereocenters. The van der Waals surface area contributed by atoms with Gasteiger partial charge in [-0.25, -0.2) is 4.79 Å². The monoisotopic (exact) mass is 336 g/mol. The Kier molecular flexibility index (Phi) is 4.31. The van der Waals surface area contributed by atoms with E-state index in [-0.39, 0.29) is 11.7 Å². The van der Waals surface area contributed by atoms with E-state index in [1.165, 1.54) is 7.11 Å². The lowest BCUT2D eigenvalue weighted by Crippen LogP contribution is -2.04. The first kappa shape index (κ1) is 16.4. The molecule has 0 bridgehead atoms. The van der Waals surface area contributed by atoms with Crippen LogP contribution in [-0.2, 0) is 4.74 Å². The molecule has 6 heteroatoms. The smallest absolute Gasteiger partial charge is 0.338 e. The average molecular weight is 336 g/mol. The maximum atomic E-state index is 11.8. The molecule has 3 rings (SSSR count). The largest absolute Gasteiger partial charge is 0.504 e. The molecular weight excluding hydrogens is 320 g/mol. The standard InChI is InChI=1S/C19H16N2O4/c1-3-25-19(23)12-4-6-14(7-5-12)21-11-13(10-20)15-8-18(24-2)17(22)9-16(15)21/h4-9,11,22H,3H2,1-2H3. The van der Waals surface area contributed by atoms with Gasteiger partial charge in [-0.1, -0.05) is 0 Å². The van der Waals surface area contributed by atoms with Crippen LogP contribution in [0.15, 0.2) is 42.6 Å². The van der Waals surface area contributed by atoms with Crippen LogP contribution in [0.2, 0.25) is 0 Å². The minimum absolute atomic E-state index is 0.0121. The molecule has 0 amide bonds. The third-order valence-electron chi connectivity index (χ3n) is 3.88. The number of hydrogen-bond donors (Lipinski definition) is 1. The fourth-order valence-corrected chi connectivity index (χ4v) is 2.68. The molecule has 0 radical (unpaired) electrons. The Bertz CT molecular complexity index is 981. The zero-order valence-corrected chi connectivity index (χ0v) is 13.8. The Morgan fingerprint density at radius 1 is 1.28 bits per heavy atom. The molecule has 25 heavy (non-hydrogen) atoms. The molecule has 3 aromatic rings. The lowest BCUT2D eigenvalue weighted by molar-refractivity contribution is 0.0526. The second-order valence-electron chi connectivity index (χ2n) is 5.33. The first-order valence-electron chi connectivity index (χ1n) is 7.68. The van der Waals surface area contributed by atoms with Crippen LogP contribution < -0.4 is 4.74 Å². The Balaban J connectivity index is 2.11. The summed E-state index contributed by atoms with van der Waals surface area (Å²) in [5, 5.41) is 20.1. The van der Waals surface area contributed by atoms with E-state index in [1.54, 1.807) is 54.1 Å². The van der Waals surface area contributed by atoms with Gasteiger partial charge in [0.25, 0.3) is 0 Å². The third-order valence-corrected chi connectivity index (χ3v) is 3.88. The number of nitriles is 1. The van der Waals surface area contributed by atoms with Crippen molar-refractivity contribution in [1.82, 2.24) is 4.57 Å². The molecule has 0 fully saturated rings. The zero-order chi connectivity index (χ0) is 18.0. The maximum absolute atomic E-state index is 11.8. The van der Waals surface area contributed by atoms with Crippen molar-refractivity contribution >= 4 is 16.9 Å². The molecule has 0 aliphatic heterocycles. The summed E-state index contributed by atoms with van der Waals surface area (Å²) in [6.07, 6.45) is 1.68. The van der Waals surface area contributed by atoms with Crippen LogP contribution in [0.25, 0.3) is 16.6 Å². The first-order valence-corrected chi connectivity index (χ1v) is 7.68. The molecule has 1 N–H and O–H groups in total. The Morgan fingerprint density at radius 2 is 2.00 bits per heavy atom. The van der Waals surface area contributed by atoms with E-state index in [0.29, 0.717) is 34.4 Å². The highest BCUT2D eigenvalue weighted by Crippen LogP contribution is 2.35. The summed E-state index contributed by atoms with van der Waals surface area (Å²) < 4.78 is 11.9. The van der Waals surface area contributed by atoms with E-state index >= 15 is 0 Å². The zero-order valence-electron chi connectivity index (χ0n) is 13.8. The first-order chi connectivity index (χ1) is 12.1. The molecule has 6 nitrogen and oxygen atoms in total. The Labute approximate surface area is 144 Å². The predicted octanol–water partition coefficient (Wildman–Crippen LogP) is 3.39. The fraction of sp³-hybridized carbons (Fsp3) is 0.158. The summed E-state index contributed by atoms with van der Waals surface area (Å²) in [6, 6.07) is 12.2. The quantitative estimate of drug-likeness (QED) is 0.738. The average Bonchev–Trinajstić information content (AvgIpc) is 2.98. The molecule has 1 aromatic heterocycles. The number of phenols is 1. The number of phenolic OH excluding ortho intramolecular Hbond substituents is 1. The number of methoxy groups -OCH3 is 1. The lowest BCUT2D eigenvalue weighted by atomic mass is 10.1. The number of aromatic nitrogens is 1. The van der Waals surface area contributed by atoms with Gasteiger partial charge >= 0.3 is 5.97 Å². The van der Waals surface area contributed by atoms with E-state index in [1.807, 2.05) is 0 Å². The second kappa shape index (κ2) is 6.57. The van der Waals surface area contributed by atoms with Gasteiger partial charge in [0.15, 0.2) is 11.5 Å². The van der Waals surface area contributed by atoms with Gasteiger partial charge in [0.05, 0.1) is 30.4 Å². The van der Waals surface area contributed by atoms with Crippen molar-refractivity contribution < 1.29 is 19.4 Å². The van der Waals surface area contributed by atoms with Gasteiger partial charge in [0, 0.05) is 23.3 Å². The summed E-state index contributed by atoms with van der Waals surface area (Å²) >= 11 is 0. The van der Waals surface area contributed by atoms with E-state index in [0.717, 1.165) is 5.69 Å². The van der Waals surface area contributed by atoms with Gasteiger partial charge < -0.3 is 19.1 Å². The van der Waals surface area contributed by atoms with Crippen molar-refractivity contribution in [3.8, 4) is 23.3 Å². The number of aromatic hydroxyl groups is 1. The Morgan fingerprint density at radius 3 is 2.60 bits per heavy atom. The molecular formula is C19H16N2O4. The van der Waals surface area contributed by atoms with Crippen LogP contribution in [0.5, 0.6) is 11.5 Å². The predicted molar refractivity (Wildman–Crippen MR) is 92.2 cm³/mol. The number of esters is 1. The van der Waals surface area contributed by atoms with Crippen LogP contribution in [0, 0.1) is 11.3 Å². The molecule has 2 aromatic carbocycles. The van der Waals surface area contributed by atoms with Gasteiger partial charge in [0.1, 0.15) is 6.07 Å². The number of hydrogen-bond acceptors (Lipinski definition) is 5. The van der Waals surface area contributed by atoms with Crippen LogP contribution >= 0.6 is 0 Å². The topological polar surface area (TPSA) is 84.5 Å². The maximum Gasteiger partial charge on any atom is 0.338 e. The molecule has 0 aliphatic rings. The molecule has 126 valence electrons. The summed E-state index contributed by atoms with van der Waals surface area (Å²) in [4.78, 5) is 11.8. The third kappa shape index (κ3) is 2.88. The van der Waals surface area contributed by atoms with E-state index < -0.39 is 0 Å². The van der Waals surface area contributed by atoms with Crippen molar-refractivity contribution in [2.24, 2.45) is 0 Å². The minimum Gasteiger partial charge on any atom is -0.504 e. The van der Waals surface area contributed by atoms with Crippen molar-refractivity contribution in [2.45, 2.75) is 6.92 Å². The number of carbonyl (C=O) groups excluding carboxylic acids is 1. The van der Waals surface area contributed by atoms with Crippen molar-refractivity contribution in [1.29, 1.82) is 5.26 Å². The molecule has 0 spiro atoms. The van der Waals surface area contributed by atoms with Crippen LogP contribution in [0.4, 0.5) is 0 Å². The van der Waals surface area contributed by atoms with E-state index in [2.05, 4.69) is 6.07 Å². The lowest BCUT2D eigenvalue weighted by Gasteiger charge is -2.08. The van der Waals surface area contributed by atoms with Gasteiger partial charge in [-0.15, -0.1) is 0 Å². The highest BCUT2D eigenvalue weighted by Gasteiger charge is 2.14. The SMILES string of the molecule is CCOC(=O)c1ccc(-n2cc(C#N)c3cc(OC)c(O)cc32)cc1. The Hall–Kier alpha value is -3.46. The summed E-state index contributed by atoms with van der Waals surface area (Å²) in [5.74, 6) is -0.0899. The fourth-order valence-electron chi connectivity index (χ4n) is 2.68. The number of rotatable bonds is 4. The molecule has 0 unspecified atom stereocenters. The van der Waals surface area contributed by atoms with E-state index in [4.69, 9.17) is 9.47 Å². The minimum atomic E-state index is -0.383. The van der Waals surface area contributed by atoms with Gasteiger partial charge in [-0.3, -0.25) is 0 Å². The summed E-state index contributed by atoms with van der Waals surface area (Å²) in [6.45, 7) is 2.07. The number of nitrogens with zero attached hydrogens (tertiary/aromatic N) is 2. The highest BCUT2D eigenvalue weighted by atomic mass is 16.5. The van der Waals surface area contributed by atoms with Gasteiger partial charge in [-0.2, -0.15) is 5.26 Å². The summed E-state index contributed by atoms with van der Waals surface area (Å²) in [5.41, 5.74) is 2.33. The molecule has 1 heterocycles. The number of carbonyl (C=O) groups is 1. The van der Waals surface area contributed by atoms with Crippen molar-refractivity contribution in [3.05, 3.63) is 53.7 Å². The van der Waals surface area contributed by atoms with Gasteiger partial charge in [-0.05, 0) is 37.3 Å². The van der Waals surface area contributed by atoms with Crippen molar-refractivity contribution in [2.75, 3.05) is 13.7 Å². The second-order valence-corrected chi connectivity index (χ2v) is 5.33.